The molecule has 0 bridgehead atoms. The van der Waals surface area contributed by atoms with Gasteiger partial charge in [-0.25, -0.2) is 9.97 Å². The van der Waals surface area contributed by atoms with Gasteiger partial charge in [0.2, 0.25) is 0 Å². The highest BCUT2D eigenvalue weighted by Crippen LogP contribution is 2.20. The molecule has 0 spiro atoms. The van der Waals surface area contributed by atoms with Gasteiger partial charge in [0.15, 0.2) is 6.29 Å². The Kier molecular flexibility index (Phi) is 2.87. The van der Waals surface area contributed by atoms with Crippen LogP contribution in [0.2, 0.25) is 0 Å². The zero-order chi connectivity index (χ0) is 10.7. The molecule has 1 aromatic heterocycles. The minimum atomic E-state index is 0.389. The van der Waals surface area contributed by atoms with Gasteiger partial charge in [-0.2, -0.15) is 0 Å². The maximum absolute atomic E-state index is 10.6. The number of hydrogen-bond donors (Lipinski definition) is 0. The second kappa shape index (κ2) is 4.31. The molecule has 0 radical (unpaired) electrons. The minimum absolute atomic E-state index is 0.389. The van der Waals surface area contributed by atoms with Crippen molar-refractivity contribution in [3.63, 3.8) is 0 Å². The molecule has 2 rings (SSSR count). The van der Waals surface area contributed by atoms with E-state index in [9.17, 15) is 4.79 Å². The van der Waals surface area contributed by atoms with Crippen molar-refractivity contribution in [1.82, 2.24) is 9.97 Å². The smallest absolute Gasteiger partial charge is 0.168 e. The van der Waals surface area contributed by atoms with Crippen LogP contribution in [0, 0.1) is 0 Å². The van der Waals surface area contributed by atoms with Crippen molar-refractivity contribution in [3.8, 4) is 11.3 Å². The number of halogens is 1. The second-order valence-corrected chi connectivity index (χ2v) is 3.87. The summed E-state index contributed by atoms with van der Waals surface area (Å²) in [5, 5.41) is 0. The van der Waals surface area contributed by atoms with E-state index < -0.39 is 0 Å². The zero-order valence-electron chi connectivity index (χ0n) is 7.72. The van der Waals surface area contributed by atoms with Gasteiger partial charge in [0, 0.05) is 10.0 Å². The summed E-state index contributed by atoms with van der Waals surface area (Å²) in [6.45, 7) is 0. The fourth-order valence-electron chi connectivity index (χ4n) is 1.24. The summed E-state index contributed by atoms with van der Waals surface area (Å²) in [6, 6.07) is 9.39. The van der Waals surface area contributed by atoms with E-state index >= 15 is 0 Å². The predicted octanol–water partition coefficient (Wildman–Crippen LogP) is 2.72. The lowest BCUT2D eigenvalue weighted by Crippen LogP contribution is -1.90. The van der Waals surface area contributed by atoms with Crippen LogP contribution >= 0.6 is 15.9 Å². The first-order chi connectivity index (χ1) is 7.29. The molecular weight excluding hydrogens is 256 g/mol. The summed E-state index contributed by atoms with van der Waals surface area (Å²) in [7, 11) is 0. The zero-order valence-corrected chi connectivity index (χ0v) is 9.31. The van der Waals surface area contributed by atoms with Gasteiger partial charge in [-0.05, 0) is 18.2 Å². The lowest BCUT2D eigenvalue weighted by molar-refractivity contribution is 0.111. The normalized spacial score (nSPS) is 9.93. The Bertz CT molecular complexity index is 499. The first kappa shape index (κ1) is 9.98. The average molecular weight is 263 g/mol. The highest BCUT2D eigenvalue weighted by atomic mass is 79.9. The monoisotopic (exact) mass is 262 g/mol. The van der Waals surface area contributed by atoms with Crippen LogP contribution in [0.3, 0.4) is 0 Å². The number of aldehydes is 1. The third-order valence-electron chi connectivity index (χ3n) is 1.93. The molecule has 0 saturated heterocycles. The molecule has 1 aromatic carbocycles. The largest absolute Gasteiger partial charge is 0.296 e. The number of carbonyl (C=O) groups excluding carboxylic acids is 1. The lowest BCUT2D eigenvalue weighted by Gasteiger charge is -2.00. The van der Waals surface area contributed by atoms with Crippen LogP contribution in [-0.2, 0) is 0 Å². The third kappa shape index (κ3) is 2.27. The number of carbonyl (C=O) groups is 1. The molecule has 0 unspecified atom stereocenters. The second-order valence-electron chi connectivity index (χ2n) is 2.96. The topological polar surface area (TPSA) is 42.9 Å². The summed E-state index contributed by atoms with van der Waals surface area (Å²) in [5.41, 5.74) is 2.09. The number of nitrogens with zero attached hydrogens (tertiary/aromatic N) is 2. The fraction of sp³-hybridized carbons (Fsp3) is 0. The molecule has 3 nitrogen and oxygen atoms in total. The molecule has 0 amide bonds. The molecule has 0 aliphatic carbocycles. The summed E-state index contributed by atoms with van der Waals surface area (Å²) < 4.78 is 0.978. The highest BCUT2D eigenvalue weighted by Gasteiger charge is 2.01. The fourth-order valence-corrected chi connectivity index (χ4v) is 1.64. The standard InChI is InChI=1S/C11H7BrN2O/c12-9-3-1-2-8(4-9)11-5-10(6-15)13-7-14-11/h1-7H. The molecule has 0 atom stereocenters. The number of rotatable bonds is 2. The van der Waals surface area contributed by atoms with E-state index in [0.29, 0.717) is 12.0 Å². The summed E-state index contributed by atoms with van der Waals surface area (Å²) >= 11 is 3.38. The van der Waals surface area contributed by atoms with Crippen LogP contribution in [0.5, 0.6) is 0 Å². The number of aromatic nitrogens is 2. The number of benzene rings is 1. The summed E-state index contributed by atoms with van der Waals surface area (Å²) in [4.78, 5) is 18.5. The Morgan fingerprint density at radius 1 is 1.20 bits per heavy atom. The Morgan fingerprint density at radius 2 is 2.07 bits per heavy atom. The summed E-state index contributed by atoms with van der Waals surface area (Å²) in [6.07, 6.45) is 2.10. The third-order valence-corrected chi connectivity index (χ3v) is 2.42. The van der Waals surface area contributed by atoms with Gasteiger partial charge < -0.3 is 0 Å². The molecule has 0 N–H and O–H groups in total. The van der Waals surface area contributed by atoms with E-state index in [2.05, 4.69) is 25.9 Å². The highest BCUT2D eigenvalue weighted by molar-refractivity contribution is 9.10. The van der Waals surface area contributed by atoms with Crippen LogP contribution in [0.25, 0.3) is 11.3 Å². The molecule has 0 aliphatic rings. The average Bonchev–Trinajstić information content (AvgIpc) is 2.29. The van der Waals surface area contributed by atoms with Crippen LogP contribution in [0.15, 0.2) is 41.1 Å². The molecule has 15 heavy (non-hydrogen) atoms. The van der Waals surface area contributed by atoms with Crippen molar-refractivity contribution in [2.75, 3.05) is 0 Å². The van der Waals surface area contributed by atoms with Crippen LogP contribution in [0.1, 0.15) is 10.5 Å². The van der Waals surface area contributed by atoms with Gasteiger partial charge >= 0.3 is 0 Å². The van der Waals surface area contributed by atoms with Crippen LogP contribution in [-0.4, -0.2) is 16.3 Å². The Labute approximate surface area is 95.3 Å². The maximum atomic E-state index is 10.6. The predicted molar refractivity (Wildman–Crippen MR) is 60.6 cm³/mol. The molecule has 2 aromatic rings. The Morgan fingerprint density at radius 3 is 2.80 bits per heavy atom. The Hall–Kier alpha value is -1.55. The van der Waals surface area contributed by atoms with Gasteiger partial charge in [0.1, 0.15) is 12.0 Å². The van der Waals surface area contributed by atoms with Crippen molar-refractivity contribution >= 4 is 22.2 Å². The quantitative estimate of drug-likeness (QED) is 0.782. The summed E-state index contributed by atoms with van der Waals surface area (Å²) in [5.74, 6) is 0. The van der Waals surface area contributed by atoms with Crippen molar-refractivity contribution in [2.45, 2.75) is 0 Å². The van der Waals surface area contributed by atoms with E-state index in [1.54, 1.807) is 6.07 Å². The molecule has 74 valence electrons. The first-order valence-corrected chi connectivity index (χ1v) is 5.12. The van der Waals surface area contributed by atoms with Gasteiger partial charge in [0.05, 0.1) is 5.69 Å². The lowest BCUT2D eigenvalue weighted by atomic mass is 10.1. The van der Waals surface area contributed by atoms with E-state index in [-0.39, 0.29) is 0 Å². The van der Waals surface area contributed by atoms with E-state index in [1.165, 1.54) is 6.33 Å². The Balaban J connectivity index is 2.49. The first-order valence-electron chi connectivity index (χ1n) is 4.33. The van der Waals surface area contributed by atoms with Crippen molar-refractivity contribution in [2.24, 2.45) is 0 Å². The maximum Gasteiger partial charge on any atom is 0.168 e. The molecule has 0 fully saturated rings. The van der Waals surface area contributed by atoms with Crippen LogP contribution in [0.4, 0.5) is 0 Å². The SMILES string of the molecule is O=Cc1cc(-c2cccc(Br)c2)ncn1. The van der Waals surface area contributed by atoms with Crippen LogP contribution < -0.4 is 0 Å². The molecule has 1 heterocycles. The van der Waals surface area contributed by atoms with Gasteiger partial charge in [0.25, 0.3) is 0 Å². The van der Waals surface area contributed by atoms with Crippen molar-refractivity contribution in [3.05, 3.63) is 46.8 Å². The van der Waals surface area contributed by atoms with Gasteiger partial charge in [-0.15, -0.1) is 0 Å². The molecule has 4 heteroatoms. The van der Waals surface area contributed by atoms with E-state index in [4.69, 9.17) is 0 Å². The molecular formula is C11H7BrN2O. The molecule has 0 aliphatic heterocycles. The van der Waals surface area contributed by atoms with Gasteiger partial charge in [-0.3, -0.25) is 4.79 Å². The molecule has 0 saturated carbocycles. The van der Waals surface area contributed by atoms with E-state index in [1.807, 2.05) is 24.3 Å². The van der Waals surface area contributed by atoms with Gasteiger partial charge in [-0.1, -0.05) is 28.1 Å². The number of hydrogen-bond acceptors (Lipinski definition) is 3. The van der Waals surface area contributed by atoms with Crippen molar-refractivity contribution in [1.29, 1.82) is 0 Å². The van der Waals surface area contributed by atoms with E-state index in [0.717, 1.165) is 15.7 Å². The minimum Gasteiger partial charge on any atom is -0.296 e. The van der Waals surface area contributed by atoms with Crippen molar-refractivity contribution < 1.29 is 4.79 Å².